The zero-order chi connectivity index (χ0) is 17.8. The number of aryl methyl sites for hydroxylation is 2. The highest BCUT2D eigenvalue weighted by Gasteiger charge is 2.31. The first-order valence-corrected chi connectivity index (χ1v) is 10.4. The number of ether oxygens (including phenoxy) is 1. The molecule has 2 aliphatic rings. The minimum absolute atomic E-state index is 0.0500. The van der Waals surface area contributed by atoms with Gasteiger partial charge in [0.05, 0.1) is 18.8 Å². The molecule has 5 heteroatoms. The van der Waals surface area contributed by atoms with Crippen LogP contribution in [0.4, 0.5) is 0 Å². The molecule has 2 unspecified atom stereocenters. The molecule has 1 saturated carbocycles. The zero-order valence-electron chi connectivity index (χ0n) is 15.2. The lowest BCUT2D eigenvalue weighted by atomic mass is 9.88. The summed E-state index contributed by atoms with van der Waals surface area (Å²) < 4.78 is 11.7. The van der Waals surface area contributed by atoms with Gasteiger partial charge in [0.2, 0.25) is 0 Å². The molecular weight excluding hydrogens is 332 g/mol. The first-order chi connectivity index (χ1) is 12.1. The molecule has 0 radical (unpaired) electrons. The van der Waals surface area contributed by atoms with E-state index in [9.17, 15) is 4.79 Å². The predicted octanol–water partition coefficient (Wildman–Crippen LogP) is 3.09. The third kappa shape index (κ3) is 4.13. The number of aromatic nitrogens is 1. The van der Waals surface area contributed by atoms with Crippen LogP contribution in [0.2, 0.25) is 0 Å². The van der Waals surface area contributed by atoms with Crippen LogP contribution in [0.3, 0.4) is 0 Å². The van der Waals surface area contributed by atoms with Crippen LogP contribution in [-0.4, -0.2) is 29.6 Å². The Morgan fingerprint density at radius 3 is 2.76 bits per heavy atom. The lowest BCUT2D eigenvalue weighted by molar-refractivity contribution is -0.00281. The van der Waals surface area contributed by atoms with Crippen LogP contribution in [0.15, 0.2) is 16.9 Å². The van der Waals surface area contributed by atoms with Gasteiger partial charge in [0.1, 0.15) is 0 Å². The van der Waals surface area contributed by atoms with Crippen LogP contribution in [0.1, 0.15) is 49.4 Å². The van der Waals surface area contributed by atoms with E-state index in [4.69, 9.17) is 11.2 Å². The van der Waals surface area contributed by atoms with Gasteiger partial charge in [-0.3, -0.25) is 9.52 Å². The maximum absolute atomic E-state index is 12.8. The highest BCUT2D eigenvalue weighted by atomic mass is 32.2. The SMILES string of the molecule is C#CC1CCC(OCC2C(NSC)CCc3ccc(C)c(=O)n32)CC1. The summed E-state index contributed by atoms with van der Waals surface area (Å²) in [6.07, 6.45) is 13.9. The maximum Gasteiger partial charge on any atom is 0.254 e. The summed E-state index contributed by atoms with van der Waals surface area (Å²) in [4.78, 5) is 12.8. The molecule has 1 aromatic heterocycles. The Kier molecular flexibility index (Phi) is 6.27. The number of hydrogen-bond acceptors (Lipinski definition) is 4. The van der Waals surface area contributed by atoms with Crippen LogP contribution in [0.5, 0.6) is 0 Å². The fourth-order valence-corrected chi connectivity index (χ4v) is 4.62. The Hall–Kier alpha value is -1.22. The van der Waals surface area contributed by atoms with Crippen LogP contribution < -0.4 is 10.3 Å². The van der Waals surface area contributed by atoms with Gasteiger partial charge in [-0.25, -0.2) is 0 Å². The second-order valence-electron chi connectivity index (χ2n) is 7.19. The molecule has 2 heterocycles. The number of fused-ring (bicyclic) bond motifs is 1. The van der Waals surface area contributed by atoms with Crippen molar-refractivity contribution in [2.75, 3.05) is 12.9 Å². The lowest BCUT2D eigenvalue weighted by Gasteiger charge is -2.36. The van der Waals surface area contributed by atoms with E-state index in [2.05, 4.69) is 16.7 Å². The maximum atomic E-state index is 12.8. The predicted molar refractivity (Wildman–Crippen MR) is 104 cm³/mol. The summed E-state index contributed by atoms with van der Waals surface area (Å²) >= 11 is 1.62. The van der Waals surface area contributed by atoms with Gasteiger partial charge in [0.25, 0.3) is 5.56 Å². The molecule has 1 aliphatic heterocycles. The lowest BCUT2D eigenvalue weighted by Crippen LogP contribution is -2.46. The molecule has 0 saturated heterocycles. The summed E-state index contributed by atoms with van der Waals surface area (Å²) in [5.74, 6) is 3.28. The molecule has 1 aliphatic carbocycles. The summed E-state index contributed by atoms with van der Waals surface area (Å²) in [5, 5.41) is 0. The Labute approximate surface area is 154 Å². The average molecular weight is 361 g/mol. The summed E-state index contributed by atoms with van der Waals surface area (Å²) in [5.41, 5.74) is 2.04. The van der Waals surface area contributed by atoms with E-state index in [1.165, 1.54) is 0 Å². The molecule has 3 rings (SSSR count). The standard InChI is InChI=1S/C20H28N2O2S/c1-4-15-6-10-17(11-7-15)24-13-19-18(21-25-3)12-9-16-8-5-14(2)20(23)22(16)19/h1,5,8,15,17-19,21H,6-7,9-13H2,2-3H3. The van der Waals surface area contributed by atoms with E-state index in [0.717, 1.165) is 49.8 Å². The Morgan fingerprint density at radius 1 is 1.32 bits per heavy atom. The molecule has 0 aromatic carbocycles. The molecule has 1 aromatic rings. The van der Waals surface area contributed by atoms with Gasteiger partial charge in [-0.2, -0.15) is 0 Å². The number of terminal acetylenes is 1. The van der Waals surface area contributed by atoms with Crippen LogP contribution in [0.25, 0.3) is 0 Å². The number of nitrogens with one attached hydrogen (secondary N) is 1. The summed E-state index contributed by atoms with van der Waals surface area (Å²) in [6.45, 7) is 2.47. The Bertz CT molecular complexity index is 686. The van der Waals surface area contributed by atoms with Gasteiger partial charge >= 0.3 is 0 Å². The van der Waals surface area contributed by atoms with Crippen molar-refractivity contribution >= 4 is 11.9 Å². The third-order valence-corrected chi connectivity index (χ3v) is 6.12. The van der Waals surface area contributed by atoms with E-state index >= 15 is 0 Å². The van der Waals surface area contributed by atoms with Crippen molar-refractivity contribution in [3.8, 4) is 12.3 Å². The fraction of sp³-hybridized carbons (Fsp3) is 0.650. The quantitative estimate of drug-likeness (QED) is 0.647. The van der Waals surface area contributed by atoms with Crippen molar-refractivity contribution in [3.63, 3.8) is 0 Å². The largest absolute Gasteiger partial charge is 0.376 e. The van der Waals surface area contributed by atoms with E-state index in [0.29, 0.717) is 12.5 Å². The number of hydrogen-bond donors (Lipinski definition) is 1. The van der Waals surface area contributed by atoms with E-state index in [1.54, 1.807) is 11.9 Å². The van der Waals surface area contributed by atoms with Crippen molar-refractivity contribution in [2.45, 2.75) is 63.6 Å². The molecule has 0 bridgehead atoms. The average Bonchev–Trinajstić information content (AvgIpc) is 2.64. The van der Waals surface area contributed by atoms with Crippen LogP contribution >= 0.6 is 11.9 Å². The van der Waals surface area contributed by atoms with Gasteiger partial charge < -0.3 is 9.30 Å². The van der Waals surface area contributed by atoms with Crippen LogP contribution in [-0.2, 0) is 11.2 Å². The smallest absolute Gasteiger partial charge is 0.254 e. The topological polar surface area (TPSA) is 43.3 Å². The molecule has 0 spiro atoms. The molecule has 0 amide bonds. The van der Waals surface area contributed by atoms with Crippen LogP contribution in [0, 0.1) is 25.2 Å². The second-order valence-corrected chi connectivity index (χ2v) is 7.83. The molecule has 4 nitrogen and oxygen atoms in total. The van der Waals surface area contributed by atoms with Gasteiger partial charge in [0.15, 0.2) is 0 Å². The van der Waals surface area contributed by atoms with Crippen molar-refractivity contribution < 1.29 is 4.74 Å². The van der Waals surface area contributed by atoms with Gasteiger partial charge in [-0.15, -0.1) is 12.3 Å². The fourth-order valence-electron chi connectivity index (χ4n) is 4.05. The normalized spacial score (nSPS) is 29.0. The van der Waals surface area contributed by atoms with E-state index in [-0.39, 0.29) is 23.7 Å². The monoisotopic (exact) mass is 360 g/mol. The minimum atomic E-state index is 0.0500. The zero-order valence-corrected chi connectivity index (χ0v) is 16.0. The molecule has 1 N–H and O–H groups in total. The molecular formula is C20H28N2O2S. The summed E-state index contributed by atoms with van der Waals surface area (Å²) in [6, 6.07) is 4.34. The number of rotatable bonds is 5. The minimum Gasteiger partial charge on any atom is -0.376 e. The molecule has 2 atom stereocenters. The van der Waals surface area contributed by atoms with Gasteiger partial charge in [-0.05, 0) is 57.8 Å². The number of pyridine rings is 1. The summed E-state index contributed by atoms with van der Waals surface area (Å²) in [7, 11) is 0. The van der Waals surface area contributed by atoms with Crippen molar-refractivity contribution in [1.82, 2.24) is 9.29 Å². The van der Waals surface area contributed by atoms with Gasteiger partial charge in [-0.1, -0.05) is 18.0 Å². The van der Waals surface area contributed by atoms with E-state index in [1.807, 2.05) is 23.8 Å². The van der Waals surface area contributed by atoms with Crippen molar-refractivity contribution in [1.29, 1.82) is 0 Å². The highest BCUT2D eigenvalue weighted by Crippen LogP contribution is 2.29. The highest BCUT2D eigenvalue weighted by molar-refractivity contribution is 7.96. The third-order valence-electron chi connectivity index (χ3n) is 5.58. The van der Waals surface area contributed by atoms with Gasteiger partial charge in [0, 0.05) is 23.2 Å². The van der Waals surface area contributed by atoms with Crippen molar-refractivity contribution in [3.05, 3.63) is 33.7 Å². The van der Waals surface area contributed by atoms with E-state index < -0.39 is 0 Å². The second kappa shape index (κ2) is 8.44. The van der Waals surface area contributed by atoms with Crippen molar-refractivity contribution in [2.24, 2.45) is 5.92 Å². The number of nitrogens with zero attached hydrogens (tertiary/aromatic N) is 1. The Morgan fingerprint density at radius 2 is 2.08 bits per heavy atom. The first-order valence-electron chi connectivity index (χ1n) is 9.21. The first kappa shape index (κ1) is 18.6. The molecule has 25 heavy (non-hydrogen) atoms. The molecule has 1 fully saturated rings. The molecule has 136 valence electrons. The Balaban J connectivity index is 1.74.